The second-order valence-electron chi connectivity index (χ2n) is 7.12. The highest BCUT2D eigenvalue weighted by Crippen LogP contribution is 2.41. The smallest absolute Gasteiger partial charge is 0.243 e. The van der Waals surface area contributed by atoms with Crippen LogP contribution >= 0.6 is 0 Å². The number of rotatable bonds is 6. The van der Waals surface area contributed by atoms with Crippen molar-refractivity contribution >= 4 is 10.0 Å². The molecule has 8 heteroatoms. The Balaban J connectivity index is 1.55. The molecule has 0 saturated carbocycles. The van der Waals surface area contributed by atoms with Gasteiger partial charge in [-0.05, 0) is 31.0 Å². The Hall–Kier alpha value is -2.32. The van der Waals surface area contributed by atoms with E-state index in [4.69, 9.17) is 14.2 Å². The van der Waals surface area contributed by atoms with Crippen molar-refractivity contribution in [1.29, 1.82) is 0 Å². The maximum absolute atomic E-state index is 13.4. The number of piperidine rings is 1. The zero-order chi connectivity index (χ0) is 19.7. The molecule has 2 fully saturated rings. The molecule has 0 N–H and O–H groups in total. The predicted octanol–water partition coefficient (Wildman–Crippen LogP) is 2.86. The van der Waals surface area contributed by atoms with Crippen molar-refractivity contribution < 1.29 is 22.6 Å². The van der Waals surface area contributed by atoms with Gasteiger partial charge in [-0.15, -0.1) is 0 Å². The zero-order valence-corrected chi connectivity index (χ0v) is 16.8. The van der Waals surface area contributed by atoms with Crippen LogP contribution in [0.2, 0.25) is 0 Å². The van der Waals surface area contributed by atoms with Crippen molar-refractivity contribution in [3.63, 3.8) is 0 Å². The number of ether oxygens (including phenoxy) is 3. The average Bonchev–Trinajstić information content (AvgIpc) is 3.00. The topological polar surface area (TPSA) is 78.0 Å². The molecule has 2 atom stereocenters. The number of nitrogens with zero attached hydrogens (tertiary/aromatic N) is 2. The van der Waals surface area contributed by atoms with Gasteiger partial charge < -0.3 is 14.2 Å². The quantitative estimate of drug-likeness (QED) is 0.737. The third-order valence-corrected chi connectivity index (χ3v) is 7.48. The van der Waals surface area contributed by atoms with Crippen LogP contribution in [0, 0.1) is 0 Å². The largest absolute Gasteiger partial charge is 0.493 e. The third kappa shape index (κ3) is 3.42. The first-order valence-electron chi connectivity index (χ1n) is 9.36. The second kappa shape index (κ2) is 7.60. The number of pyridine rings is 1. The van der Waals surface area contributed by atoms with Crippen LogP contribution in [-0.2, 0) is 10.0 Å². The highest BCUT2D eigenvalue weighted by atomic mass is 32.2. The van der Waals surface area contributed by atoms with Gasteiger partial charge >= 0.3 is 0 Å². The lowest BCUT2D eigenvalue weighted by molar-refractivity contribution is 0.0918. The van der Waals surface area contributed by atoms with Crippen molar-refractivity contribution in [2.24, 2.45) is 0 Å². The summed E-state index contributed by atoms with van der Waals surface area (Å²) in [5, 5.41) is 0. The maximum atomic E-state index is 13.4. The fourth-order valence-electron chi connectivity index (χ4n) is 4.26. The van der Waals surface area contributed by atoms with Gasteiger partial charge in [-0.1, -0.05) is 6.07 Å². The van der Waals surface area contributed by atoms with Crippen molar-refractivity contribution in [2.75, 3.05) is 14.2 Å². The molecule has 28 heavy (non-hydrogen) atoms. The zero-order valence-electron chi connectivity index (χ0n) is 15.9. The molecule has 2 saturated heterocycles. The molecule has 1 aromatic carbocycles. The summed E-state index contributed by atoms with van der Waals surface area (Å²) in [6, 6.07) is 10.2. The van der Waals surface area contributed by atoms with E-state index in [-0.39, 0.29) is 23.1 Å². The van der Waals surface area contributed by atoms with Gasteiger partial charge in [0.2, 0.25) is 15.9 Å². The summed E-state index contributed by atoms with van der Waals surface area (Å²) in [6.07, 6.45) is 4.70. The van der Waals surface area contributed by atoms with E-state index in [0.29, 0.717) is 30.2 Å². The number of benzene rings is 1. The van der Waals surface area contributed by atoms with Gasteiger partial charge in [0.05, 0.1) is 19.1 Å². The number of fused-ring (bicyclic) bond motifs is 2. The summed E-state index contributed by atoms with van der Waals surface area (Å²) >= 11 is 0. The molecule has 0 radical (unpaired) electrons. The predicted molar refractivity (Wildman–Crippen MR) is 103 cm³/mol. The Morgan fingerprint density at radius 2 is 1.71 bits per heavy atom. The molecule has 7 nitrogen and oxygen atoms in total. The first-order chi connectivity index (χ1) is 13.5. The molecular formula is C20H24N2O5S. The lowest BCUT2D eigenvalue weighted by atomic mass is 10.0. The van der Waals surface area contributed by atoms with E-state index in [2.05, 4.69) is 4.98 Å². The normalized spacial score (nSPS) is 24.7. The summed E-state index contributed by atoms with van der Waals surface area (Å²) in [5.41, 5.74) is 0. The van der Waals surface area contributed by atoms with E-state index >= 15 is 0 Å². The van der Waals surface area contributed by atoms with Crippen LogP contribution in [0.25, 0.3) is 0 Å². The van der Waals surface area contributed by atoms with Crippen molar-refractivity contribution in [1.82, 2.24) is 9.29 Å². The van der Waals surface area contributed by atoms with E-state index in [1.54, 1.807) is 22.6 Å². The van der Waals surface area contributed by atoms with Gasteiger partial charge in [0.1, 0.15) is 6.10 Å². The van der Waals surface area contributed by atoms with Crippen molar-refractivity contribution in [3.8, 4) is 17.4 Å². The molecular weight excluding hydrogens is 380 g/mol. The second-order valence-corrected chi connectivity index (χ2v) is 8.96. The fraction of sp³-hybridized carbons (Fsp3) is 0.450. The lowest BCUT2D eigenvalue weighted by Gasteiger charge is -2.37. The number of sulfonamides is 1. The van der Waals surface area contributed by atoms with Gasteiger partial charge in [-0.2, -0.15) is 4.31 Å². The Bertz CT molecular complexity index is 921. The Kier molecular flexibility index (Phi) is 5.16. The van der Waals surface area contributed by atoms with Crippen LogP contribution < -0.4 is 14.2 Å². The lowest BCUT2D eigenvalue weighted by Crippen LogP contribution is -2.49. The molecule has 0 amide bonds. The summed E-state index contributed by atoms with van der Waals surface area (Å²) < 4.78 is 44.9. The van der Waals surface area contributed by atoms with E-state index in [1.165, 1.54) is 20.3 Å². The number of hydrogen-bond acceptors (Lipinski definition) is 6. The standard InChI is InChI=1S/C20H24N2O5S/c1-25-18-9-8-17(13-19(18)26-2)28(23,24)22-14-6-7-15(22)12-16(11-14)27-20-5-3-4-10-21-20/h3-5,8-10,13-16H,6-7,11-12H2,1-2H3. The molecule has 2 aliphatic heterocycles. The van der Waals surface area contributed by atoms with Crippen LogP contribution in [0.15, 0.2) is 47.5 Å². The van der Waals surface area contributed by atoms with Crippen LogP contribution in [-0.4, -0.2) is 50.1 Å². The number of methoxy groups -OCH3 is 2. The highest BCUT2D eigenvalue weighted by Gasteiger charge is 2.48. The Morgan fingerprint density at radius 1 is 1.00 bits per heavy atom. The van der Waals surface area contributed by atoms with Crippen LogP contribution in [0.3, 0.4) is 0 Å². The van der Waals surface area contributed by atoms with Gasteiger partial charge in [0, 0.05) is 43.3 Å². The SMILES string of the molecule is COc1ccc(S(=O)(=O)N2C3CCC2CC(Oc2ccccn2)C3)cc1OC. The summed E-state index contributed by atoms with van der Waals surface area (Å²) in [5.74, 6) is 1.50. The molecule has 0 aliphatic carbocycles. The summed E-state index contributed by atoms with van der Waals surface area (Å²) in [7, 11) is -0.600. The van der Waals surface area contributed by atoms with Crippen LogP contribution in [0.5, 0.6) is 17.4 Å². The van der Waals surface area contributed by atoms with E-state index in [1.807, 2.05) is 18.2 Å². The number of hydrogen-bond donors (Lipinski definition) is 0. The maximum Gasteiger partial charge on any atom is 0.243 e. The fourth-order valence-corrected chi connectivity index (χ4v) is 6.17. The summed E-state index contributed by atoms with van der Waals surface area (Å²) in [6.45, 7) is 0. The Labute approximate surface area is 165 Å². The van der Waals surface area contributed by atoms with Gasteiger partial charge in [-0.25, -0.2) is 13.4 Å². The molecule has 3 heterocycles. The number of aromatic nitrogens is 1. The monoisotopic (exact) mass is 404 g/mol. The molecule has 2 bridgehead atoms. The minimum Gasteiger partial charge on any atom is -0.493 e. The van der Waals surface area contributed by atoms with E-state index in [9.17, 15) is 8.42 Å². The molecule has 2 unspecified atom stereocenters. The van der Waals surface area contributed by atoms with Gasteiger partial charge in [0.25, 0.3) is 0 Å². The van der Waals surface area contributed by atoms with Crippen LogP contribution in [0.4, 0.5) is 0 Å². The first kappa shape index (κ1) is 19.0. The molecule has 4 rings (SSSR count). The first-order valence-corrected chi connectivity index (χ1v) is 10.8. The van der Waals surface area contributed by atoms with Crippen LogP contribution in [0.1, 0.15) is 25.7 Å². The van der Waals surface area contributed by atoms with E-state index in [0.717, 1.165) is 12.8 Å². The van der Waals surface area contributed by atoms with Gasteiger partial charge in [0.15, 0.2) is 11.5 Å². The minimum atomic E-state index is -3.63. The molecule has 2 aromatic rings. The molecule has 0 spiro atoms. The highest BCUT2D eigenvalue weighted by molar-refractivity contribution is 7.89. The minimum absolute atomic E-state index is 0.0238. The van der Waals surface area contributed by atoms with Crippen molar-refractivity contribution in [2.45, 2.75) is 48.8 Å². The van der Waals surface area contributed by atoms with Gasteiger partial charge in [-0.3, -0.25) is 0 Å². The Morgan fingerprint density at radius 3 is 2.32 bits per heavy atom. The molecule has 2 aliphatic rings. The molecule has 1 aromatic heterocycles. The molecule has 150 valence electrons. The average molecular weight is 404 g/mol. The third-order valence-electron chi connectivity index (χ3n) is 5.48. The summed E-state index contributed by atoms with van der Waals surface area (Å²) in [4.78, 5) is 4.44. The van der Waals surface area contributed by atoms with E-state index < -0.39 is 10.0 Å². The van der Waals surface area contributed by atoms with Crippen molar-refractivity contribution in [3.05, 3.63) is 42.6 Å².